The number of para-hydroxylation sites is 1. The number of aromatic nitrogens is 3. The van der Waals surface area contributed by atoms with Gasteiger partial charge in [0.05, 0.1) is 18.2 Å². The van der Waals surface area contributed by atoms with E-state index in [-0.39, 0.29) is 12.7 Å². The average molecular weight is 364 g/mol. The Labute approximate surface area is 158 Å². The molecular formula is C21H24N4O2. The molecule has 6 nitrogen and oxygen atoms in total. The second kappa shape index (κ2) is 7.03. The first-order chi connectivity index (χ1) is 13.3. The zero-order valence-electron chi connectivity index (χ0n) is 15.2. The smallest absolute Gasteiger partial charge is 0.158 e. The lowest BCUT2D eigenvalue weighted by Crippen LogP contribution is -2.46. The average Bonchev–Trinajstić information content (AvgIpc) is 3.34. The first-order valence-corrected chi connectivity index (χ1v) is 9.67. The van der Waals surface area contributed by atoms with E-state index in [0.717, 1.165) is 48.5 Å². The molecule has 3 atom stereocenters. The van der Waals surface area contributed by atoms with Crippen molar-refractivity contribution in [2.24, 2.45) is 0 Å². The van der Waals surface area contributed by atoms with Gasteiger partial charge >= 0.3 is 0 Å². The lowest BCUT2D eigenvalue weighted by molar-refractivity contribution is -0.0567. The number of fused-ring (bicyclic) bond motifs is 2. The summed E-state index contributed by atoms with van der Waals surface area (Å²) in [4.78, 5) is 12.0. The number of benzene rings is 1. The predicted octanol–water partition coefficient (Wildman–Crippen LogP) is 2.49. The Morgan fingerprint density at radius 2 is 2.04 bits per heavy atom. The molecule has 0 bridgehead atoms. The van der Waals surface area contributed by atoms with Crippen LogP contribution in [0.4, 0.5) is 0 Å². The van der Waals surface area contributed by atoms with Crippen molar-refractivity contribution in [1.29, 1.82) is 0 Å². The highest BCUT2D eigenvalue weighted by Gasteiger charge is 2.38. The maximum atomic E-state index is 9.18. The summed E-state index contributed by atoms with van der Waals surface area (Å²) in [7, 11) is 0. The Kier molecular flexibility index (Phi) is 4.39. The maximum Gasteiger partial charge on any atom is 0.158 e. The minimum absolute atomic E-state index is 0.148. The first kappa shape index (κ1) is 16.9. The van der Waals surface area contributed by atoms with Gasteiger partial charge in [0.1, 0.15) is 5.69 Å². The number of hydrogen-bond donors (Lipinski definition) is 1. The van der Waals surface area contributed by atoms with E-state index in [9.17, 15) is 5.11 Å². The standard InChI is InChI=1S/C21H24N4O2/c26-10-7-18-13-24-12-16(11-17(24)14-27-18)25-9-8-22-21(25)20-6-5-15-3-1-2-4-19(15)23-20/h1-6,8-9,16-18,26H,7,10-14H2/t16-,17-,18-/m0/s1. The lowest BCUT2D eigenvalue weighted by atomic mass is 10.1. The second-order valence-corrected chi connectivity index (χ2v) is 7.51. The highest BCUT2D eigenvalue weighted by atomic mass is 16.5. The van der Waals surface area contributed by atoms with Crippen molar-refractivity contribution >= 4 is 10.9 Å². The van der Waals surface area contributed by atoms with Crippen molar-refractivity contribution in [2.75, 3.05) is 26.3 Å². The van der Waals surface area contributed by atoms with Gasteiger partial charge < -0.3 is 14.4 Å². The third-order valence-corrected chi connectivity index (χ3v) is 5.81. The Balaban J connectivity index is 1.40. The highest BCUT2D eigenvalue weighted by molar-refractivity contribution is 5.80. The zero-order chi connectivity index (χ0) is 18.2. The van der Waals surface area contributed by atoms with Crippen LogP contribution in [0.3, 0.4) is 0 Å². The van der Waals surface area contributed by atoms with E-state index in [1.54, 1.807) is 0 Å². The predicted molar refractivity (Wildman–Crippen MR) is 103 cm³/mol. The monoisotopic (exact) mass is 364 g/mol. The van der Waals surface area contributed by atoms with E-state index in [2.05, 4.69) is 38.8 Å². The number of aliphatic hydroxyl groups excluding tert-OH is 1. The van der Waals surface area contributed by atoms with Crippen LogP contribution in [0.1, 0.15) is 18.9 Å². The third-order valence-electron chi connectivity index (χ3n) is 5.81. The van der Waals surface area contributed by atoms with Crippen LogP contribution >= 0.6 is 0 Å². The van der Waals surface area contributed by atoms with Gasteiger partial charge in [0, 0.05) is 49.6 Å². The molecule has 5 rings (SSSR count). The van der Waals surface area contributed by atoms with Gasteiger partial charge in [-0.1, -0.05) is 24.3 Å². The molecule has 2 saturated heterocycles. The summed E-state index contributed by atoms with van der Waals surface area (Å²) < 4.78 is 8.20. The van der Waals surface area contributed by atoms with Crippen molar-refractivity contribution in [3.05, 3.63) is 48.8 Å². The van der Waals surface area contributed by atoms with Crippen LogP contribution in [-0.2, 0) is 4.74 Å². The van der Waals surface area contributed by atoms with Crippen LogP contribution in [0, 0.1) is 0 Å². The molecular weight excluding hydrogens is 340 g/mol. The largest absolute Gasteiger partial charge is 0.396 e. The molecule has 0 amide bonds. The Bertz CT molecular complexity index is 941. The molecule has 1 N–H and O–H groups in total. The first-order valence-electron chi connectivity index (χ1n) is 9.67. The summed E-state index contributed by atoms with van der Waals surface area (Å²) >= 11 is 0. The fourth-order valence-corrected chi connectivity index (χ4v) is 4.43. The number of imidazole rings is 1. The molecule has 2 aromatic heterocycles. The SMILES string of the molecule is OCC[C@H]1CN2C[C@@H](n3ccnc3-c3ccc4ccccc4n3)C[C@H]2CO1. The minimum Gasteiger partial charge on any atom is -0.396 e. The second-order valence-electron chi connectivity index (χ2n) is 7.51. The molecule has 0 radical (unpaired) electrons. The number of aliphatic hydroxyl groups is 1. The van der Waals surface area contributed by atoms with Crippen LogP contribution in [0.2, 0.25) is 0 Å². The molecule has 2 aliphatic rings. The normalized spacial score (nSPS) is 25.7. The summed E-state index contributed by atoms with van der Waals surface area (Å²) in [5, 5.41) is 10.3. The molecule has 0 unspecified atom stereocenters. The fourth-order valence-electron chi connectivity index (χ4n) is 4.43. The molecule has 140 valence electrons. The maximum absolute atomic E-state index is 9.18. The summed E-state index contributed by atoms with van der Waals surface area (Å²) in [5.41, 5.74) is 1.91. The molecule has 2 aliphatic heterocycles. The topological polar surface area (TPSA) is 63.4 Å². The summed E-state index contributed by atoms with van der Waals surface area (Å²) in [6.45, 7) is 2.83. The molecule has 6 heteroatoms. The van der Waals surface area contributed by atoms with Gasteiger partial charge in [0.2, 0.25) is 0 Å². The fraction of sp³-hybridized carbons (Fsp3) is 0.429. The van der Waals surface area contributed by atoms with Crippen LogP contribution < -0.4 is 0 Å². The van der Waals surface area contributed by atoms with Crippen LogP contribution in [0.15, 0.2) is 48.8 Å². The van der Waals surface area contributed by atoms with Crippen LogP contribution in [-0.4, -0.2) is 63.0 Å². The number of rotatable bonds is 4. The van der Waals surface area contributed by atoms with Crippen molar-refractivity contribution in [2.45, 2.75) is 31.0 Å². The van der Waals surface area contributed by atoms with Crippen LogP contribution in [0.25, 0.3) is 22.4 Å². The number of nitrogens with zero attached hydrogens (tertiary/aromatic N) is 4. The van der Waals surface area contributed by atoms with Crippen molar-refractivity contribution < 1.29 is 9.84 Å². The van der Waals surface area contributed by atoms with Crippen molar-refractivity contribution in [3.63, 3.8) is 0 Å². The van der Waals surface area contributed by atoms with Gasteiger partial charge in [0.25, 0.3) is 0 Å². The van der Waals surface area contributed by atoms with E-state index in [0.29, 0.717) is 18.5 Å². The van der Waals surface area contributed by atoms with Gasteiger partial charge in [-0.05, 0) is 25.0 Å². The summed E-state index contributed by atoms with van der Waals surface area (Å²) in [6, 6.07) is 13.2. The number of morpholine rings is 1. The molecule has 3 aromatic rings. The lowest BCUT2D eigenvalue weighted by Gasteiger charge is -2.34. The summed E-state index contributed by atoms with van der Waals surface area (Å²) in [5.74, 6) is 0.929. The molecule has 0 aliphatic carbocycles. The van der Waals surface area contributed by atoms with Gasteiger partial charge in [-0.2, -0.15) is 0 Å². The van der Waals surface area contributed by atoms with E-state index < -0.39 is 0 Å². The van der Waals surface area contributed by atoms with Crippen molar-refractivity contribution in [1.82, 2.24) is 19.4 Å². The highest BCUT2D eigenvalue weighted by Crippen LogP contribution is 2.33. The van der Waals surface area contributed by atoms with Gasteiger partial charge in [-0.15, -0.1) is 0 Å². The van der Waals surface area contributed by atoms with Gasteiger partial charge in [0.15, 0.2) is 5.82 Å². The van der Waals surface area contributed by atoms with Crippen molar-refractivity contribution in [3.8, 4) is 11.5 Å². The van der Waals surface area contributed by atoms with Gasteiger partial charge in [-0.3, -0.25) is 4.90 Å². The Morgan fingerprint density at radius 1 is 1.11 bits per heavy atom. The van der Waals surface area contributed by atoms with Gasteiger partial charge in [-0.25, -0.2) is 9.97 Å². The summed E-state index contributed by atoms with van der Waals surface area (Å²) in [6.07, 6.45) is 5.86. The minimum atomic E-state index is 0.148. The molecule has 4 heterocycles. The molecule has 0 spiro atoms. The quantitative estimate of drug-likeness (QED) is 0.771. The zero-order valence-corrected chi connectivity index (χ0v) is 15.2. The number of ether oxygens (including phenoxy) is 1. The molecule has 2 fully saturated rings. The van der Waals surface area contributed by atoms with E-state index in [4.69, 9.17) is 9.72 Å². The number of hydrogen-bond acceptors (Lipinski definition) is 5. The molecule has 1 aromatic carbocycles. The molecule has 27 heavy (non-hydrogen) atoms. The Morgan fingerprint density at radius 3 is 2.96 bits per heavy atom. The van der Waals surface area contributed by atoms with E-state index >= 15 is 0 Å². The van der Waals surface area contributed by atoms with E-state index in [1.807, 2.05) is 24.4 Å². The molecule has 0 saturated carbocycles. The van der Waals surface area contributed by atoms with Crippen LogP contribution in [0.5, 0.6) is 0 Å². The third kappa shape index (κ3) is 3.14. The number of pyridine rings is 1. The Hall–Kier alpha value is -2.28. The van der Waals surface area contributed by atoms with E-state index in [1.165, 1.54) is 0 Å².